The zero-order valence-electron chi connectivity index (χ0n) is 9.22. The van der Waals surface area contributed by atoms with E-state index in [9.17, 15) is 18.0 Å². The first-order valence-corrected chi connectivity index (χ1v) is 5.92. The molecule has 0 heterocycles. The van der Waals surface area contributed by atoms with Gasteiger partial charge in [0.2, 0.25) is 10.0 Å². The third-order valence-corrected chi connectivity index (χ3v) is 3.99. The Morgan fingerprint density at radius 2 is 1.69 bits per heavy atom. The number of sulfonamides is 1. The Bertz CT molecular complexity index is 380. The van der Waals surface area contributed by atoms with E-state index in [0.29, 0.717) is 0 Å². The fourth-order valence-electron chi connectivity index (χ4n) is 0.718. The molecule has 0 aliphatic heterocycles. The van der Waals surface area contributed by atoms with Crippen LogP contribution >= 0.6 is 0 Å². The monoisotopic (exact) mass is 253 g/mol. The summed E-state index contributed by atoms with van der Waals surface area (Å²) in [6.07, 6.45) is -0.801. The van der Waals surface area contributed by atoms with Gasteiger partial charge in [0.1, 0.15) is 6.04 Å². The summed E-state index contributed by atoms with van der Waals surface area (Å²) >= 11 is 0. The number of hydrogen-bond acceptors (Lipinski definition) is 4. The van der Waals surface area contributed by atoms with Crippen LogP contribution in [0.2, 0.25) is 0 Å². The van der Waals surface area contributed by atoms with Gasteiger partial charge in [-0.1, -0.05) is 0 Å². The molecule has 0 rings (SSSR count). The number of nitrogens with one attached hydrogen (secondary N) is 1. The molecular formula is C8H15NO6S. The molecule has 1 unspecified atom stereocenters. The van der Waals surface area contributed by atoms with E-state index in [2.05, 4.69) is 0 Å². The van der Waals surface area contributed by atoms with Crippen LogP contribution in [0.25, 0.3) is 0 Å². The summed E-state index contributed by atoms with van der Waals surface area (Å²) in [4.78, 5) is 21.0. The molecule has 0 aliphatic carbocycles. The van der Waals surface area contributed by atoms with Crippen LogP contribution in [-0.2, 0) is 19.6 Å². The summed E-state index contributed by atoms with van der Waals surface area (Å²) in [5.74, 6) is -2.90. The second-order valence-corrected chi connectivity index (χ2v) is 6.69. The molecule has 1 atom stereocenters. The highest BCUT2D eigenvalue weighted by Gasteiger charge is 2.34. The maximum atomic E-state index is 11.6. The van der Waals surface area contributed by atoms with E-state index in [1.807, 2.05) is 4.72 Å². The third-order valence-electron chi connectivity index (χ3n) is 1.78. The molecule has 0 saturated heterocycles. The van der Waals surface area contributed by atoms with E-state index in [1.165, 1.54) is 20.8 Å². The first-order valence-electron chi connectivity index (χ1n) is 4.44. The Kier molecular flexibility index (Phi) is 4.45. The molecule has 0 aromatic carbocycles. The lowest BCUT2D eigenvalue weighted by molar-refractivity contribution is -0.145. The first-order chi connectivity index (χ1) is 6.97. The molecule has 0 saturated carbocycles. The van der Waals surface area contributed by atoms with Crippen LogP contribution in [0.4, 0.5) is 0 Å². The van der Waals surface area contributed by atoms with Gasteiger partial charge in [0.05, 0.1) is 11.2 Å². The lowest BCUT2D eigenvalue weighted by Gasteiger charge is -2.22. The van der Waals surface area contributed by atoms with Gasteiger partial charge >= 0.3 is 11.9 Å². The topological polar surface area (TPSA) is 121 Å². The van der Waals surface area contributed by atoms with Crippen LogP contribution in [0.1, 0.15) is 27.2 Å². The van der Waals surface area contributed by atoms with Gasteiger partial charge in [0.25, 0.3) is 0 Å². The standard InChI is InChI=1S/C8H15NO6S/c1-8(2,3)16(14,15)9-5(7(12)13)4-6(10)11/h5,9H,4H2,1-3H3,(H,10,11)(H,12,13). The van der Waals surface area contributed by atoms with Crippen LogP contribution in [0.15, 0.2) is 0 Å². The number of carboxylic acids is 2. The van der Waals surface area contributed by atoms with Crippen molar-refractivity contribution >= 4 is 22.0 Å². The van der Waals surface area contributed by atoms with Gasteiger partial charge in [0.15, 0.2) is 0 Å². The van der Waals surface area contributed by atoms with Gasteiger partial charge in [-0.3, -0.25) is 9.59 Å². The number of carboxylic acid groups (broad SMARTS) is 2. The maximum absolute atomic E-state index is 11.6. The lowest BCUT2D eigenvalue weighted by Crippen LogP contribution is -2.48. The SMILES string of the molecule is CC(C)(C)S(=O)(=O)NC(CC(=O)O)C(=O)O. The highest BCUT2D eigenvalue weighted by molar-refractivity contribution is 7.90. The molecule has 0 aromatic rings. The highest BCUT2D eigenvalue weighted by atomic mass is 32.2. The van der Waals surface area contributed by atoms with Crippen LogP contribution in [0.3, 0.4) is 0 Å². The highest BCUT2D eigenvalue weighted by Crippen LogP contribution is 2.14. The predicted octanol–water partition coefficient (Wildman–Crippen LogP) is -0.368. The minimum absolute atomic E-state index is 0.801. The molecule has 16 heavy (non-hydrogen) atoms. The number of rotatable bonds is 5. The van der Waals surface area contributed by atoms with Crippen LogP contribution in [0, 0.1) is 0 Å². The summed E-state index contributed by atoms with van der Waals surface area (Å²) in [7, 11) is -3.88. The van der Waals surface area contributed by atoms with E-state index in [-0.39, 0.29) is 0 Å². The van der Waals surface area contributed by atoms with Crippen molar-refractivity contribution in [3.05, 3.63) is 0 Å². The van der Waals surface area contributed by atoms with E-state index in [1.54, 1.807) is 0 Å². The summed E-state index contributed by atoms with van der Waals surface area (Å²) in [5, 5.41) is 17.1. The van der Waals surface area contributed by atoms with E-state index in [4.69, 9.17) is 10.2 Å². The maximum Gasteiger partial charge on any atom is 0.322 e. The van der Waals surface area contributed by atoms with E-state index < -0.39 is 39.2 Å². The molecule has 0 spiro atoms. The van der Waals surface area contributed by atoms with Crippen molar-refractivity contribution in [2.45, 2.75) is 38.0 Å². The largest absolute Gasteiger partial charge is 0.481 e. The fraction of sp³-hybridized carbons (Fsp3) is 0.750. The van der Waals surface area contributed by atoms with Crippen molar-refractivity contribution in [1.82, 2.24) is 4.72 Å². The Balaban J connectivity index is 4.91. The molecule has 0 aliphatic rings. The third kappa shape index (κ3) is 4.15. The van der Waals surface area contributed by atoms with E-state index in [0.717, 1.165) is 0 Å². The molecule has 0 amide bonds. The molecule has 3 N–H and O–H groups in total. The molecule has 7 nitrogen and oxygen atoms in total. The van der Waals surface area contributed by atoms with Crippen molar-refractivity contribution in [1.29, 1.82) is 0 Å². The minimum atomic E-state index is -3.88. The number of carbonyl (C=O) groups is 2. The molecule has 0 fully saturated rings. The number of hydrogen-bond donors (Lipinski definition) is 3. The summed E-state index contributed by atoms with van der Waals surface area (Å²) < 4.78 is 23.8. The molecule has 0 aromatic heterocycles. The average Bonchev–Trinajstić information content (AvgIpc) is 1.98. The summed E-state index contributed by atoms with van der Waals surface area (Å²) in [5.41, 5.74) is 0. The Hall–Kier alpha value is -1.15. The van der Waals surface area contributed by atoms with Gasteiger partial charge in [-0.2, -0.15) is 4.72 Å². The predicted molar refractivity (Wildman–Crippen MR) is 55.5 cm³/mol. The molecule has 8 heteroatoms. The second-order valence-electron chi connectivity index (χ2n) is 4.22. The van der Waals surface area contributed by atoms with Crippen molar-refractivity contribution in [3.8, 4) is 0 Å². The molecule has 94 valence electrons. The van der Waals surface area contributed by atoms with Crippen LogP contribution in [0.5, 0.6) is 0 Å². The van der Waals surface area contributed by atoms with Crippen molar-refractivity contribution in [2.75, 3.05) is 0 Å². The van der Waals surface area contributed by atoms with Gasteiger partial charge in [0, 0.05) is 0 Å². The quantitative estimate of drug-likeness (QED) is 0.614. The smallest absolute Gasteiger partial charge is 0.322 e. The molecule has 0 bridgehead atoms. The van der Waals surface area contributed by atoms with Gasteiger partial charge in [-0.25, -0.2) is 8.42 Å². The minimum Gasteiger partial charge on any atom is -0.481 e. The first kappa shape index (κ1) is 14.8. The van der Waals surface area contributed by atoms with Crippen molar-refractivity contribution in [2.24, 2.45) is 0 Å². The van der Waals surface area contributed by atoms with Crippen LogP contribution < -0.4 is 4.72 Å². The van der Waals surface area contributed by atoms with Gasteiger partial charge in [-0.15, -0.1) is 0 Å². The normalized spacial score (nSPS) is 14.4. The average molecular weight is 253 g/mol. The fourth-order valence-corrected chi connectivity index (χ4v) is 1.63. The lowest BCUT2D eigenvalue weighted by atomic mass is 10.2. The Morgan fingerprint density at radius 3 is 1.94 bits per heavy atom. The van der Waals surface area contributed by atoms with E-state index >= 15 is 0 Å². The Labute approximate surface area is 93.5 Å². The van der Waals surface area contributed by atoms with Crippen molar-refractivity contribution in [3.63, 3.8) is 0 Å². The number of aliphatic carboxylic acids is 2. The zero-order chi connectivity index (χ0) is 13.1. The van der Waals surface area contributed by atoms with Gasteiger partial charge in [-0.05, 0) is 20.8 Å². The summed E-state index contributed by atoms with van der Waals surface area (Å²) in [6, 6.07) is -1.65. The zero-order valence-corrected chi connectivity index (χ0v) is 10.0. The second kappa shape index (κ2) is 4.79. The molecular weight excluding hydrogens is 238 g/mol. The Morgan fingerprint density at radius 1 is 1.25 bits per heavy atom. The van der Waals surface area contributed by atoms with Crippen LogP contribution in [-0.4, -0.2) is 41.4 Å². The molecule has 0 radical (unpaired) electrons. The van der Waals surface area contributed by atoms with Gasteiger partial charge < -0.3 is 10.2 Å². The summed E-state index contributed by atoms with van der Waals surface area (Å²) in [6.45, 7) is 4.15. The van der Waals surface area contributed by atoms with Crippen molar-refractivity contribution < 1.29 is 28.2 Å².